The summed E-state index contributed by atoms with van der Waals surface area (Å²) in [5, 5.41) is 21.1. The van der Waals surface area contributed by atoms with E-state index < -0.39 is 29.9 Å². The number of nitrogens with one attached hydrogen (secondary N) is 5. The van der Waals surface area contributed by atoms with Crippen molar-refractivity contribution >= 4 is 41.4 Å². The highest BCUT2D eigenvalue weighted by Gasteiger charge is 2.24. The van der Waals surface area contributed by atoms with Crippen molar-refractivity contribution in [3.8, 4) is 5.75 Å². The first-order chi connectivity index (χ1) is 22.1. The molecule has 1 aromatic rings. The molecule has 0 fully saturated rings. The number of primary amides is 1. The third-order valence-corrected chi connectivity index (χ3v) is 5.60. The predicted octanol–water partition coefficient (Wildman–Crippen LogP) is 1.22. The van der Waals surface area contributed by atoms with Crippen molar-refractivity contribution in [2.45, 2.75) is 86.4 Å². The summed E-state index contributed by atoms with van der Waals surface area (Å²) in [6.07, 6.45) is 1.43. The zero-order valence-electron chi connectivity index (χ0n) is 28.7. The van der Waals surface area contributed by atoms with Gasteiger partial charge in [0.25, 0.3) is 0 Å². The van der Waals surface area contributed by atoms with Gasteiger partial charge < -0.3 is 52.6 Å². The molecule has 0 spiro atoms. The molecule has 10 N–H and O–H groups in total. The van der Waals surface area contributed by atoms with Crippen molar-refractivity contribution in [2.75, 3.05) is 38.1 Å². The number of carbonyl (C=O) groups is 6. The molecule has 268 valence electrons. The lowest BCUT2D eigenvalue weighted by atomic mass is 10.0. The molecule has 1 atom stereocenters. The number of rotatable bonds is 18. The standard InChI is InChI=1S/C24H39N5O6.C4H10N2O.C3H6O2/c1-6-22(32)35-14-17-7-8-18(19(11-17)34-10-9-25)28-20(30)13-27-24(33)23(15(2)3)29-21(31)12-26-16(4)5;1-2-3-6-4(5)7;1-2-3(4)5/h7-8,11,15-16,23,26H,6,9-10,12-14,25H2,1-5H3,(H,27,33)(H,28,30)(H,29,31);2-3H2,1H3,(H3,5,6,7);2H2,1H3,(H,4,5). The van der Waals surface area contributed by atoms with Crippen LogP contribution in [0.15, 0.2) is 18.2 Å². The summed E-state index contributed by atoms with van der Waals surface area (Å²) in [6, 6.07) is 3.89. The van der Waals surface area contributed by atoms with Gasteiger partial charge in [0.05, 0.1) is 18.8 Å². The number of nitrogens with two attached hydrogens (primary N) is 2. The molecular weight excluding hydrogens is 614 g/mol. The van der Waals surface area contributed by atoms with Crippen LogP contribution in [0.2, 0.25) is 0 Å². The van der Waals surface area contributed by atoms with Crippen molar-refractivity contribution in [3.05, 3.63) is 23.8 Å². The molecule has 1 aromatic carbocycles. The van der Waals surface area contributed by atoms with Gasteiger partial charge in [-0.1, -0.05) is 54.5 Å². The van der Waals surface area contributed by atoms with Crippen LogP contribution < -0.4 is 42.8 Å². The number of amides is 5. The van der Waals surface area contributed by atoms with E-state index in [9.17, 15) is 28.8 Å². The Hall–Kier alpha value is -4.44. The number of carbonyl (C=O) groups excluding carboxylic acids is 5. The third kappa shape index (κ3) is 24.5. The van der Waals surface area contributed by atoms with E-state index in [1.54, 1.807) is 45.9 Å². The third-order valence-electron chi connectivity index (χ3n) is 5.60. The average Bonchev–Trinajstić information content (AvgIpc) is 3.02. The van der Waals surface area contributed by atoms with Crippen LogP contribution in [0.5, 0.6) is 5.75 Å². The SMILES string of the molecule is CCC(=O)O.CCC(=O)OCc1ccc(NC(=O)CNC(=O)C(NC(=O)CNC(C)C)C(C)C)c(OCCN)c1.CCCNC(N)=O. The molecule has 0 saturated heterocycles. The Balaban J connectivity index is 0. The van der Waals surface area contributed by atoms with Crippen LogP contribution in [0.4, 0.5) is 10.5 Å². The Bertz CT molecular complexity index is 1110. The Morgan fingerprint density at radius 3 is 2.02 bits per heavy atom. The minimum atomic E-state index is -0.780. The smallest absolute Gasteiger partial charge is 0.312 e. The fourth-order valence-corrected chi connectivity index (χ4v) is 3.09. The number of hydrogen-bond acceptors (Lipinski definition) is 10. The maximum atomic E-state index is 12.6. The molecule has 0 aromatic heterocycles. The summed E-state index contributed by atoms with van der Waals surface area (Å²) in [7, 11) is 0. The first-order valence-corrected chi connectivity index (χ1v) is 15.6. The number of aliphatic carboxylic acids is 1. The molecule has 0 aliphatic rings. The summed E-state index contributed by atoms with van der Waals surface area (Å²) < 4.78 is 10.7. The van der Waals surface area contributed by atoms with Crippen LogP contribution in [0.1, 0.15) is 73.3 Å². The van der Waals surface area contributed by atoms with E-state index in [-0.39, 0.29) is 69.5 Å². The molecule has 5 amide bonds. The molecule has 16 nitrogen and oxygen atoms in total. The van der Waals surface area contributed by atoms with Gasteiger partial charge in [0.2, 0.25) is 17.7 Å². The molecule has 0 bridgehead atoms. The van der Waals surface area contributed by atoms with Crippen molar-refractivity contribution < 1.29 is 43.3 Å². The first kappa shape index (κ1) is 44.7. The second kappa shape index (κ2) is 26.7. The summed E-state index contributed by atoms with van der Waals surface area (Å²) in [5.74, 6) is -2.11. The summed E-state index contributed by atoms with van der Waals surface area (Å²) in [6.45, 7) is 13.8. The molecule has 47 heavy (non-hydrogen) atoms. The average molecular weight is 670 g/mol. The van der Waals surface area contributed by atoms with Crippen LogP contribution in [0, 0.1) is 5.92 Å². The van der Waals surface area contributed by atoms with Gasteiger partial charge in [-0.05, 0) is 30.0 Å². The van der Waals surface area contributed by atoms with Crippen LogP contribution in [0.3, 0.4) is 0 Å². The fourth-order valence-electron chi connectivity index (χ4n) is 3.09. The van der Waals surface area contributed by atoms with E-state index in [1.807, 2.05) is 20.8 Å². The number of urea groups is 1. The van der Waals surface area contributed by atoms with E-state index in [0.717, 1.165) is 6.42 Å². The lowest BCUT2D eigenvalue weighted by Crippen LogP contribution is -2.52. The molecule has 0 saturated carbocycles. The maximum absolute atomic E-state index is 12.6. The van der Waals surface area contributed by atoms with Crippen LogP contribution in [-0.2, 0) is 35.3 Å². The van der Waals surface area contributed by atoms with Gasteiger partial charge in [-0.2, -0.15) is 0 Å². The molecule has 0 aliphatic heterocycles. The first-order valence-electron chi connectivity index (χ1n) is 15.6. The zero-order chi connectivity index (χ0) is 36.4. The number of carboxylic acid groups (broad SMARTS) is 1. The van der Waals surface area contributed by atoms with Crippen molar-refractivity contribution in [1.82, 2.24) is 21.3 Å². The monoisotopic (exact) mass is 669 g/mol. The molecule has 16 heteroatoms. The summed E-state index contributed by atoms with van der Waals surface area (Å²) in [5.41, 5.74) is 11.3. The highest BCUT2D eigenvalue weighted by molar-refractivity contribution is 5.97. The van der Waals surface area contributed by atoms with E-state index in [4.69, 9.17) is 26.0 Å². The number of ether oxygens (including phenoxy) is 2. The summed E-state index contributed by atoms with van der Waals surface area (Å²) >= 11 is 0. The van der Waals surface area contributed by atoms with Crippen molar-refractivity contribution in [3.63, 3.8) is 0 Å². The topological polar surface area (TPSA) is 253 Å². The number of benzene rings is 1. The van der Waals surface area contributed by atoms with Gasteiger partial charge in [0, 0.05) is 32.0 Å². The number of hydrogen-bond donors (Lipinski definition) is 8. The number of anilines is 1. The van der Waals surface area contributed by atoms with Gasteiger partial charge in [0.15, 0.2) is 0 Å². The van der Waals surface area contributed by atoms with Gasteiger partial charge >= 0.3 is 18.0 Å². The highest BCUT2D eigenvalue weighted by atomic mass is 16.5. The zero-order valence-corrected chi connectivity index (χ0v) is 28.7. The van der Waals surface area contributed by atoms with E-state index in [1.165, 1.54) is 0 Å². The Morgan fingerprint density at radius 2 is 1.55 bits per heavy atom. The molecule has 1 unspecified atom stereocenters. The van der Waals surface area contributed by atoms with Gasteiger partial charge in [0.1, 0.15) is 25.0 Å². The molecule has 0 heterocycles. The van der Waals surface area contributed by atoms with Gasteiger partial charge in [-0.3, -0.25) is 24.0 Å². The largest absolute Gasteiger partial charge is 0.490 e. The minimum absolute atomic E-state index is 0.0743. The van der Waals surface area contributed by atoms with Crippen LogP contribution >= 0.6 is 0 Å². The van der Waals surface area contributed by atoms with Crippen molar-refractivity contribution in [1.29, 1.82) is 0 Å². The Kier molecular flexibility index (Phi) is 25.4. The summed E-state index contributed by atoms with van der Waals surface area (Å²) in [4.78, 5) is 67.9. The second-order valence-electron chi connectivity index (χ2n) is 10.6. The Morgan fingerprint density at radius 1 is 0.915 bits per heavy atom. The fraction of sp³-hybridized carbons (Fsp3) is 0.613. The molecule has 1 rings (SSSR count). The quantitative estimate of drug-likeness (QED) is 0.103. The highest BCUT2D eigenvalue weighted by Crippen LogP contribution is 2.26. The van der Waals surface area contributed by atoms with E-state index in [2.05, 4.69) is 26.6 Å². The molecule has 0 aliphatic carbocycles. The Labute approximate surface area is 277 Å². The van der Waals surface area contributed by atoms with E-state index in [0.29, 0.717) is 23.5 Å². The second-order valence-corrected chi connectivity index (χ2v) is 10.6. The molecule has 0 radical (unpaired) electrons. The lowest BCUT2D eigenvalue weighted by Gasteiger charge is -2.22. The molecular formula is C31H55N7O9. The maximum Gasteiger partial charge on any atom is 0.312 e. The minimum Gasteiger partial charge on any atom is -0.490 e. The van der Waals surface area contributed by atoms with Gasteiger partial charge in [-0.15, -0.1) is 0 Å². The lowest BCUT2D eigenvalue weighted by molar-refractivity contribution is -0.144. The van der Waals surface area contributed by atoms with Crippen molar-refractivity contribution in [2.24, 2.45) is 17.4 Å². The van der Waals surface area contributed by atoms with Gasteiger partial charge in [-0.25, -0.2) is 4.79 Å². The van der Waals surface area contributed by atoms with Crippen LogP contribution in [-0.4, -0.2) is 85.7 Å². The number of carboxylic acids is 1. The number of esters is 1. The van der Waals surface area contributed by atoms with Crippen LogP contribution in [0.25, 0.3) is 0 Å². The predicted molar refractivity (Wildman–Crippen MR) is 178 cm³/mol. The van der Waals surface area contributed by atoms with E-state index >= 15 is 0 Å². The normalized spacial score (nSPS) is 10.7.